The SMILES string of the molecule is CC1(C)c2ccccc2-c2ccc(-c3cccc4c3oc3c(-c5ccc(-c6cccc(-n7c8ccc(-c9ccc%10c(c9)c9ccccc9n%10-c9ccccc9)cc8c8ccc(-c9cccc(-c%10ccc(-c%11ccc%12c(c%11)oc%11c(-c%13ccc(-n%14c%15ccccc%15c%15cc(-c%16ccc%17c(c%16)c%16ccccc%16n%17-c%16ccccc%16)ccc%15%14)cc%13)ncnc%11%12)cc%10)c9)cc87)c6)cc5)ncnc34)cc21. The van der Waals surface area contributed by atoms with Gasteiger partial charge in [-0.25, -0.2) is 19.9 Å². The van der Waals surface area contributed by atoms with Crippen LogP contribution in [-0.4, -0.2) is 38.2 Å². The zero-order chi connectivity index (χ0) is 88.8. The fraction of sp³-hybridized carbons (Fsp3) is 0.0240. The lowest BCUT2D eigenvalue weighted by molar-refractivity contribution is 0.660. The molecule has 8 aromatic heterocycles. The van der Waals surface area contributed by atoms with Gasteiger partial charge in [0, 0.05) is 98.7 Å². The Morgan fingerprint density at radius 2 is 0.548 bits per heavy atom. The molecule has 1 aliphatic rings. The average molecular weight is 1720 g/mol. The number of rotatable bonds is 13. The first-order valence-corrected chi connectivity index (χ1v) is 46.1. The third-order valence-electron chi connectivity index (χ3n) is 28.6. The predicted octanol–water partition coefficient (Wildman–Crippen LogP) is 32.8. The quantitative estimate of drug-likeness (QED) is 0.114. The molecule has 10 nitrogen and oxygen atoms in total. The summed E-state index contributed by atoms with van der Waals surface area (Å²) in [6, 6.07) is 155. The van der Waals surface area contributed by atoms with Gasteiger partial charge < -0.3 is 27.1 Å². The van der Waals surface area contributed by atoms with Crippen molar-refractivity contribution in [2.45, 2.75) is 19.3 Å². The van der Waals surface area contributed by atoms with Crippen LogP contribution in [0.25, 0.3) is 266 Å². The van der Waals surface area contributed by atoms with E-state index in [1.165, 1.54) is 93.2 Å². The maximum absolute atomic E-state index is 6.99. The van der Waals surface area contributed by atoms with Crippen molar-refractivity contribution in [3.05, 3.63) is 448 Å². The van der Waals surface area contributed by atoms with Gasteiger partial charge in [0.25, 0.3) is 0 Å². The molecule has 0 amide bonds. The molecule has 27 aromatic rings. The lowest BCUT2D eigenvalue weighted by Gasteiger charge is -2.22. The highest BCUT2D eigenvalue weighted by Crippen LogP contribution is 2.52. The van der Waals surface area contributed by atoms with E-state index in [9.17, 15) is 0 Å². The van der Waals surface area contributed by atoms with Crippen LogP contribution in [-0.2, 0) is 5.41 Å². The van der Waals surface area contributed by atoms with Crippen LogP contribution in [0.15, 0.2) is 446 Å². The van der Waals surface area contributed by atoms with Crippen molar-refractivity contribution >= 4 is 131 Å². The third kappa shape index (κ3) is 11.9. The molecule has 10 heteroatoms. The van der Waals surface area contributed by atoms with Gasteiger partial charge in [0.1, 0.15) is 46.2 Å². The lowest BCUT2D eigenvalue weighted by Crippen LogP contribution is -2.14. The number of fused-ring (bicyclic) bond motifs is 21. The van der Waals surface area contributed by atoms with Crippen LogP contribution in [0.2, 0.25) is 0 Å². The molecule has 0 atom stereocenters. The molecule has 8 heterocycles. The average Bonchev–Trinajstić information content (AvgIpc) is 1.65. The molecule has 0 fully saturated rings. The highest BCUT2D eigenvalue weighted by Gasteiger charge is 2.36. The fourth-order valence-electron chi connectivity index (χ4n) is 22.1. The highest BCUT2D eigenvalue weighted by molar-refractivity contribution is 6.17. The van der Waals surface area contributed by atoms with E-state index in [1.54, 1.807) is 12.7 Å². The van der Waals surface area contributed by atoms with Crippen molar-refractivity contribution in [2.24, 2.45) is 0 Å². The van der Waals surface area contributed by atoms with E-state index in [1.807, 2.05) is 0 Å². The molecule has 0 N–H and O–H groups in total. The molecule has 28 rings (SSSR count). The lowest BCUT2D eigenvalue weighted by atomic mass is 9.81. The van der Waals surface area contributed by atoms with E-state index in [2.05, 4.69) is 457 Å². The van der Waals surface area contributed by atoms with Gasteiger partial charge in [0.15, 0.2) is 11.2 Å². The van der Waals surface area contributed by atoms with Gasteiger partial charge in [-0.1, -0.05) is 287 Å². The van der Waals surface area contributed by atoms with E-state index in [4.69, 9.17) is 28.8 Å². The van der Waals surface area contributed by atoms with Gasteiger partial charge in [0.05, 0.1) is 44.1 Å². The third-order valence-corrected chi connectivity index (χ3v) is 28.6. The van der Waals surface area contributed by atoms with Crippen LogP contribution in [0.1, 0.15) is 25.0 Å². The molecular weight excluding hydrogens is 1650 g/mol. The van der Waals surface area contributed by atoms with E-state index in [0.29, 0.717) is 11.2 Å². The Hall–Kier alpha value is -17.9. The van der Waals surface area contributed by atoms with Crippen LogP contribution in [0.4, 0.5) is 0 Å². The van der Waals surface area contributed by atoms with E-state index in [-0.39, 0.29) is 5.41 Å². The van der Waals surface area contributed by atoms with E-state index < -0.39 is 0 Å². The van der Waals surface area contributed by atoms with Crippen LogP contribution in [0, 0.1) is 0 Å². The Kier molecular flexibility index (Phi) is 16.7. The summed E-state index contributed by atoms with van der Waals surface area (Å²) in [7, 11) is 0. The first kappa shape index (κ1) is 76.1. The van der Waals surface area contributed by atoms with Crippen LogP contribution >= 0.6 is 0 Å². The number of nitrogens with zero attached hydrogens (tertiary/aromatic N) is 8. The minimum absolute atomic E-state index is 0.137. The Morgan fingerprint density at radius 3 is 1.10 bits per heavy atom. The van der Waals surface area contributed by atoms with Crippen molar-refractivity contribution in [1.82, 2.24) is 38.2 Å². The zero-order valence-electron chi connectivity index (χ0n) is 73.5. The Morgan fingerprint density at radius 1 is 0.193 bits per heavy atom. The largest absolute Gasteiger partial charge is 0.452 e. The minimum Gasteiger partial charge on any atom is -0.452 e. The summed E-state index contributed by atoms with van der Waals surface area (Å²) in [5.41, 5.74) is 42.1. The normalized spacial score (nSPS) is 12.6. The Labute approximate surface area is 775 Å². The minimum atomic E-state index is -0.137. The van der Waals surface area contributed by atoms with Crippen molar-refractivity contribution < 1.29 is 8.83 Å². The molecular formula is C125H78N8O2. The first-order valence-electron chi connectivity index (χ1n) is 46.1. The summed E-state index contributed by atoms with van der Waals surface area (Å²) in [5, 5.41) is 11.5. The van der Waals surface area contributed by atoms with Crippen molar-refractivity contribution in [1.29, 1.82) is 0 Å². The summed E-state index contributed by atoms with van der Waals surface area (Å²) in [6.45, 7) is 4.65. The summed E-state index contributed by atoms with van der Waals surface area (Å²) < 4.78 is 23.4. The molecule has 19 aromatic carbocycles. The summed E-state index contributed by atoms with van der Waals surface area (Å²) in [6.07, 6.45) is 3.32. The number of para-hydroxylation sites is 6. The number of benzene rings is 19. The second-order valence-corrected chi connectivity index (χ2v) is 36.4. The standard InChI is InChI=1S/C125H78N8O2/c1-125(2)107-34-13-9-28-95(107)96-57-50-89(70-108(96)125)94-32-19-33-102-121-124(135-122(94)102)119(127-74-129-121)78-44-42-76(43-45-78)82-22-18-27-93(65-82)133-115-63-54-86(85-52-61-113-104(67-85)98-30-11-15-36-110(98)131(113)91-25-7-4-8-26-91)69-106(115)100-58-48-87(71-116(100)133)81-21-17-20-80(64-81)75-38-40-77(41-39-75)88-49-59-101-117(72-88)134-123-118(126-73-128-120(101)123)79-46-55-92(56-47-79)132-111-37-16-12-31-99(111)105-68-84(53-62-114(105)132)83-51-60-112-103(66-83)97-29-10-14-35-109(97)130(112)90-23-5-3-6-24-90/h3-74H,1-2H3. The number of furan rings is 2. The van der Waals surface area contributed by atoms with Gasteiger partial charge in [-0.3, -0.25) is 0 Å². The molecule has 0 aliphatic heterocycles. The topological polar surface area (TPSA) is 97.6 Å². The van der Waals surface area contributed by atoms with Crippen LogP contribution < -0.4 is 0 Å². The molecule has 135 heavy (non-hydrogen) atoms. The molecule has 0 bridgehead atoms. The summed E-state index contributed by atoms with van der Waals surface area (Å²) in [5.74, 6) is 0. The molecule has 1 aliphatic carbocycles. The first-order chi connectivity index (χ1) is 66.7. The summed E-state index contributed by atoms with van der Waals surface area (Å²) >= 11 is 0. The van der Waals surface area contributed by atoms with Gasteiger partial charge in [0.2, 0.25) is 0 Å². The van der Waals surface area contributed by atoms with Crippen molar-refractivity contribution in [3.63, 3.8) is 0 Å². The molecule has 0 spiro atoms. The van der Waals surface area contributed by atoms with Crippen molar-refractivity contribution in [2.75, 3.05) is 0 Å². The maximum Gasteiger partial charge on any atom is 0.180 e. The van der Waals surface area contributed by atoms with Crippen LogP contribution in [0.3, 0.4) is 0 Å². The molecule has 630 valence electrons. The molecule has 0 saturated heterocycles. The summed E-state index contributed by atoms with van der Waals surface area (Å²) in [4.78, 5) is 19.5. The maximum atomic E-state index is 6.99. The van der Waals surface area contributed by atoms with E-state index in [0.717, 1.165) is 172 Å². The van der Waals surface area contributed by atoms with Gasteiger partial charge >= 0.3 is 0 Å². The van der Waals surface area contributed by atoms with Crippen LogP contribution in [0.5, 0.6) is 0 Å². The zero-order valence-corrected chi connectivity index (χ0v) is 73.5. The fourth-order valence-corrected chi connectivity index (χ4v) is 22.1. The number of hydrogen-bond donors (Lipinski definition) is 0. The molecule has 0 unspecified atom stereocenters. The molecule has 0 saturated carbocycles. The Bertz CT molecular complexity index is 9640. The number of hydrogen-bond acceptors (Lipinski definition) is 6. The van der Waals surface area contributed by atoms with Gasteiger partial charge in [-0.05, 0) is 246 Å². The van der Waals surface area contributed by atoms with E-state index >= 15 is 0 Å². The number of aromatic nitrogens is 8. The second kappa shape index (κ2) is 29.6. The molecule has 0 radical (unpaired) electrons. The smallest absolute Gasteiger partial charge is 0.180 e. The highest BCUT2D eigenvalue weighted by atomic mass is 16.3. The van der Waals surface area contributed by atoms with Crippen molar-refractivity contribution in [3.8, 4) is 134 Å². The van der Waals surface area contributed by atoms with Gasteiger partial charge in [-0.2, -0.15) is 0 Å². The monoisotopic (exact) mass is 1720 g/mol. The second-order valence-electron chi connectivity index (χ2n) is 36.4. The predicted molar refractivity (Wildman–Crippen MR) is 556 cm³/mol. The van der Waals surface area contributed by atoms with Gasteiger partial charge in [-0.15, -0.1) is 0 Å². The Balaban J connectivity index is 0.483.